The van der Waals surface area contributed by atoms with Crippen molar-refractivity contribution in [3.63, 3.8) is 0 Å². The Morgan fingerprint density at radius 2 is 2.15 bits per heavy atom. The fourth-order valence-corrected chi connectivity index (χ4v) is 2.10. The van der Waals surface area contributed by atoms with Gasteiger partial charge in [-0.25, -0.2) is 4.39 Å². The summed E-state index contributed by atoms with van der Waals surface area (Å²) in [4.78, 5) is 3.98. The highest BCUT2D eigenvalue weighted by atomic mass is 35.5. The molecule has 0 aliphatic carbocycles. The van der Waals surface area contributed by atoms with E-state index < -0.39 is 5.82 Å². The van der Waals surface area contributed by atoms with Gasteiger partial charge in [-0.2, -0.15) is 4.98 Å². The second-order valence-electron chi connectivity index (χ2n) is 4.15. The van der Waals surface area contributed by atoms with Crippen molar-refractivity contribution < 1.29 is 18.4 Å². The van der Waals surface area contributed by atoms with Gasteiger partial charge in [-0.15, -0.1) is 0 Å². The maximum absolute atomic E-state index is 14.3. The molecule has 0 spiro atoms. The molecule has 2 heterocycles. The number of ether oxygens (including phenoxy) is 2. The second kappa shape index (κ2) is 5.26. The Kier molecular flexibility index (Phi) is 3.45. The number of nitrogens with zero attached hydrogens (tertiary/aromatic N) is 2. The Bertz CT molecular complexity index is 647. The molecule has 2 N–H and O–H groups in total. The lowest BCUT2D eigenvalue weighted by molar-refractivity contribution is 0.297. The van der Waals surface area contributed by atoms with E-state index in [0.29, 0.717) is 25.4 Å². The number of fused-ring (bicyclic) bond motifs is 1. The molecule has 0 bridgehead atoms. The van der Waals surface area contributed by atoms with Crippen molar-refractivity contribution in [3.8, 4) is 22.9 Å². The third-order valence-corrected chi connectivity index (χ3v) is 3.14. The summed E-state index contributed by atoms with van der Waals surface area (Å²) in [6.07, 6.45) is 0.696. The Balaban J connectivity index is 2.12. The van der Waals surface area contributed by atoms with Gasteiger partial charge in [0.2, 0.25) is 11.7 Å². The molecule has 1 aromatic heterocycles. The van der Waals surface area contributed by atoms with Crippen molar-refractivity contribution >= 4 is 11.6 Å². The van der Waals surface area contributed by atoms with Crippen LogP contribution in [0.15, 0.2) is 10.6 Å². The van der Waals surface area contributed by atoms with Crippen LogP contribution >= 0.6 is 11.6 Å². The SMILES string of the molecule is NCc1nc(-c2cc3c(c(Cl)c2F)OCCCO3)no1. The van der Waals surface area contributed by atoms with E-state index in [1.165, 1.54) is 6.07 Å². The standard InChI is InChI=1S/C12H11ClFN3O3/c13-9-10(14)6(12-16-8(5-15)20-17-12)4-7-11(9)19-3-1-2-18-7/h4H,1-3,5,15H2. The molecule has 1 aromatic carbocycles. The molecular formula is C12H11ClFN3O3. The van der Waals surface area contributed by atoms with Crippen molar-refractivity contribution in [2.24, 2.45) is 5.73 Å². The van der Waals surface area contributed by atoms with E-state index in [9.17, 15) is 4.39 Å². The number of hydrogen-bond acceptors (Lipinski definition) is 6. The minimum absolute atomic E-state index is 0.0699. The predicted molar refractivity (Wildman–Crippen MR) is 68.2 cm³/mol. The monoisotopic (exact) mass is 299 g/mol. The molecule has 20 heavy (non-hydrogen) atoms. The van der Waals surface area contributed by atoms with Gasteiger partial charge in [0.15, 0.2) is 17.3 Å². The summed E-state index contributed by atoms with van der Waals surface area (Å²) in [6.45, 7) is 0.965. The topological polar surface area (TPSA) is 83.4 Å². The molecule has 1 aliphatic rings. The molecule has 0 atom stereocenters. The van der Waals surface area contributed by atoms with Crippen LogP contribution in [0.1, 0.15) is 12.3 Å². The molecular weight excluding hydrogens is 289 g/mol. The maximum atomic E-state index is 14.3. The average molecular weight is 300 g/mol. The van der Waals surface area contributed by atoms with E-state index in [2.05, 4.69) is 10.1 Å². The second-order valence-corrected chi connectivity index (χ2v) is 4.52. The van der Waals surface area contributed by atoms with E-state index in [1.54, 1.807) is 0 Å². The zero-order valence-electron chi connectivity index (χ0n) is 10.4. The van der Waals surface area contributed by atoms with Crippen LogP contribution < -0.4 is 15.2 Å². The molecule has 8 heteroatoms. The van der Waals surface area contributed by atoms with Crippen LogP contribution in [-0.2, 0) is 6.54 Å². The van der Waals surface area contributed by atoms with E-state index in [0.717, 1.165) is 0 Å². The zero-order valence-corrected chi connectivity index (χ0v) is 11.1. The Morgan fingerprint density at radius 3 is 2.90 bits per heavy atom. The lowest BCUT2D eigenvalue weighted by Crippen LogP contribution is -1.98. The molecule has 0 unspecified atom stereocenters. The van der Waals surface area contributed by atoms with Crippen LogP contribution in [0, 0.1) is 5.82 Å². The molecule has 0 amide bonds. The summed E-state index contributed by atoms with van der Waals surface area (Å²) in [7, 11) is 0. The summed E-state index contributed by atoms with van der Waals surface area (Å²) in [5, 5.41) is 3.52. The molecule has 2 aromatic rings. The number of halogens is 2. The molecule has 6 nitrogen and oxygen atoms in total. The Labute approximate surface area is 118 Å². The average Bonchev–Trinajstić information content (AvgIpc) is 2.81. The summed E-state index contributed by atoms with van der Waals surface area (Å²) in [5.41, 5.74) is 5.47. The predicted octanol–water partition coefficient (Wildman–Crippen LogP) is 2.15. The third-order valence-electron chi connectivity index (χ3n) is 2.80. The number of hydrogen-bond donors (Lipinski definition) is 1. The van der Waals surface area contributed by atoms with Gasteiger partial charge in [-0.05, 0) is 6.07 Å². The van der Waals surface area contributed by atoms with Crippen LogP contribution in [0.25, 0.3) is 11.4 Å². The third kappa shape index (κ3) is 2.19. The first kappa shape index (κ1) is 13.1. The van der Waals surface area contributed by atoms with E-state index in [-0.39, 0.29) is 34.6 Å². The Morgan fingerprint density at radius 1 is 1.35 bits per heavy atom. The lowest BCUT2D eigenvalue weighted by Gasteiger charge is -2.11. The van der Waals surface area contributed by atoms with Crippen molar-refractivity contribution in [2.45, 2.75) is 13.0 Å². The smallest absolute Gasteiger partial charge is 0.240 e. The van der Waals surface area contributed by atoms with Crippen LogP contribution in [0.4, 0.5) is 4.39 Å². The molecule has 0 saturated carbocycles. The first-order valence-corrected chi connectivity index (χ1v) is 6.39. The highest BCUT2D eigenvalue weighted by molar-refractivity contribution is 6.32. The fourth-order valence-electron chi connectivity index (χ4n) is 1.85. The van der Waals surface area contributed by atoms with Crippen LogP contribution in [0.3, 0.4) is 0 Å². The minimum atomic E-state index is -0.680. The van der Waals surface area contributed by atoms with Gasteiger partial charge >= 0.3 is 0 Å². The highest BCUT2D eigenvalue weighted by Gasteiger charge is 2.24. The lowest BCUT2D eigenvalue weighted by atomic mass is 10.1. The summed E-state index contributed by atoms with van der Waals surface area (Å²) in [5.74, 6) is 0.166. The van der Waals surface area contributed by atoms with Crippen LogP contribution in [0.5, 0.6) is 11.5 Å². The maximum Gasteiger partial charge on any atom is 0.240 e. The van der Waals surface area contributed by atoms with Crippen molar-refractivity contribution in [1.29, 1.82) is 0 Å². The summed E-state index contributed by atoms with van der Waals surface area (Å²) < 4.78 is 30.1. The summed E-state index contributed by atoms with van der Waals surface area (Å²) in [6, 6.07) is 1.45. The molecule has 1 aliphatic heterocycles. The number of aromatic nitrogens is 2. The fraction of sp³-hybridized carbons (Fsp3) is 0.333. The zero-order chi connectivity index (χ0) is 14.1. The normalized spacial score (nSPS) is 14.2. The summed E-state index contributed by atoms with van der Waals surface area (Å²) >= 11 is 5.99. The van der Waals surface area contributed by atoms with Gasteiger partial charge in [0.1, 0.15) is 5.02 Å². The van der Waals surface area contributed by atoms with Crippen molar-refractivity contribution in [2.75, 3.05) is 13.2 Å². The number of nitrogens with two attached hydrogens (primary N) is 1. The largest absolute Gasteiger partial charge is 0.489 e. The molecule has 106 valence electrons. The van der Waals surface area contributed by atoms with Crippen LogP contribution in [-0.4, -0.2) is 23.4 Å². The molecule has 0 saturated heterocycles. The minimum Gasteiger partial charge on any atom is -0.489 e. The molecule has 0 radical (unpaired) electrons. The Hall–Kier alpha value is -1.86. The van der Waals surface area contributed by atoms with E-state index in [1.807, 2.05) is 0 Å². The highest BCUT2D eigenvalue weighted by Crippen LogP contribution is 2.42. The van der Waals surface area contributed by atoms with Gasteiger partial charge in [0, 0.05) is 6.42 Å². The molecule has 0 fully saturated rings. The first-order valence-electron chi connectivity index (χ1n) is 6.01. The molecule has 3 rings (SSSR count). The van der Waals surface area contributed by atoms with Crippen molar-refractivity contribution in [3.05, 3.63) is 22.8 Å². The number of rotatable bonds is 2. The number of benzene rings is 1. The van der Waals surface area contributed by atoms with E-state index in [4.69, 9.17) is 31.3 Å². The first-order chi connectivity index (χ1) is 9.70. The van der Waals surface area contributed by atoms with Gasteiger partial charge in [0.05, 0.1) is 25.3 Å². The van der Waals surface area contributed by atoms with E-state index >= 15 is 0 Å². The van der Waals surface area contributed by atoms with Gasteiger partial charge in [-0.3, -0.25) is 0 Å². The van der Waals surface area contributed by atoms with Gasteiger partial charge in [0.25, 0.3) is 0 Å². The quantitative estimate of drug-likeness (QED) is 0.915. The van der Waals surface area contributed by atoms with Gasteiger partial charge < -0.3 is 19.7 Å². The van der Waals surface area contributed by atoms with Crippen LogP contribution in [0.2, 0.25) is 5.02 Å². The van der Waals surface area contributed by atoms with Gasteiger partial charge in [-0.1, -0.05) is 16.8 Å². The van der Waals surface area contributed by atoms with Crippen molar-refractivity contribution in [1.82, 2.24) is 10.1 Å².